The van der Waals surface area contributed by atoms with Gasteiger partial charge in [0.15, 0.2) is 0 Å². The minimum absolute atomic E-state index is 0.000251. The Morgan fingerprint density at radius 3 is 2.85 bits per heavy atom. The first-order valence-corrected chi connectivity index (χ1v) is 12.4. The number of carboxylic acid groups (broad SMARTS) is 1. The number of nitriles is 1. The SMILES string of the molecule is CCc1c(CN2CC[C@H](C(=O)O)C2)cccc1-c1cnc(-c2ccc(OC(C)C)c(C#N)c2)s1. The Balaban J connectivity index is 1.60. The maximum Gasteiger partial charge on any atom is 0.307 e. The van der Waals surface area contributed by atoms with Crippen LogP contribution in [0.2, 0.25) is 0 Å². The second-order valence-corrected chi connectivity index (χ2v) is 9.91. The highest BCUT2D eigenvalue weighted by molar-refractivity contribution is 7.18. The summed E-state index contributed by atoms with van der Waals surface area (Å²) in [7, 11) is 0. The Morgan fingerprint density at radius 1 is 1.35 bits per heavy atom. The lowest BCUT2D eigenvalue weighted by molar-refractivity contribution is -0.141. The fourth-order valence-electron chi connectivity index (χ4n) is 4.49. The molecule has 1 aromatic heterocycles. The molecule has 1 aliphatic heterocycles. The van der Waals surface area contributed by atoms with Gasteiger partial charge in [0.25, 0.3) is 0 Å². The fourth-order valence-corrected chi connectivity index (χ4v) is 5.45. The number of hydrogen-bond donors (Lipinski definition) is 1. The molecule has 6 nitrogen and oxygen atoms in total. The lowest BCUT2D eigenvalue weighted by Crippen LogP contribution is -2.23. The summed E-state index contributed by atoms with van der Waals surface area (Å²) in [5.41, 5.74) is 5.08. The maximum atomic E-state index is 11.3. The molecule has 1 fully saturated rings. The number of rotatable bonds is 8. The number of benzene rings is 2. The molecule has 7 heteroatoms. The predicted molar refractivity (Wildman–Crippen MR) is 134 cm³/mol. The normalized spacial score (nSPS) is 16.0. The van der Waals surface area contributed by atoms with Crippen molar-refractivity contribution in [3.05, 3.63) is 59.3 Å². The van der Waals surface area contributed by atoms with Gasteiger partial charge in [-0.15, -0.1) is 11.3 Å². The van der Waals surface area contributed by atoms with Crippen molar-refractivity contribution in [2.75, 3.05) is 13.1 Å². The van der Waals surface area contributed by atoms with E-state index in [1.54, 1.807) is 11.3 Å². The molecule has 1 atom stereocenters. The van der Waals surface area contributed by atoms with Crippen molar-refractivity contribution >= 4 is 17.3 Å². The van der Waals surface area contributed by atoms with Crippen molar-refractivity contribution < 1.29 is 14.6 Å². The molecule has 176 valence electrons. The molecular weight excluding hydrogens is 446 g/mol. The molecular formula is C27H29N3O3S. The minimum Gasteiger partial charge on any atom is -0.490 e. The standard InChI is InChI=1S/C27H29N3O3S/c1-4-22-19(15-30-11-10-20(16-30)27(31)32)6-5-7-23(22)25-14-29-26(34-25)18-8-9-24(33-17(2)3)21(12-18)13-28/h5-9,12,14,17,20H,4,10-11,15-16H2,1-3H3,(H,31,32)/t20-/m0/s1. The van der Waals surface area contributed by atoms with Crippen LogP contribution in [-0.4, -0.2) is 40.2 Å². The van der Waals surface area contributed by atoms with Crippen molar-refractivity contribution in [1.82, 2.24) is 9.88 Å². The molecule has 3 aromatic rings. The molecule has 2 heterocycles. The van der Waals surface area contributed by atoms with Crippen LogP contribution in [0.25, 0.3) is 21.0 Å². The fraction of sp³-hybridized carbons (Fsp3) is 0.370. The molecule has 1 aliphatic rings. The van der Waals surface area contributed by atoms with Gasteiger partial charge in [-0.3, -0.25) is 9.69 Å². The summed E-state index contributed by atoms with van der Waals surface area (Å²) in [4.78, 5) is 19.3. The molecule has 4 rings (SSSR count). The van der Waals surface area contributed by atoms with Crippen molar-refractivity contribution in [1.29, 1.82) is 5.26 Å². The Hall–Kier alpha value is -3.21. The van der Waals surface area contributed by atoms with E-state index >= 15 is 0 Å². The molecule has 0 spiro atoms. The second kappa shape index (κ2) is 10.4. The Labute approximate surface area is 204 Å². The average molecular weight is 476 g/mol. The largest absolute Gasteiger partial charge is 0.490 e. The zero-order valence-corrected chi connectivity index (χ0v) is 20.6. The van der Waals surface area contributed by atoms with E-state index in [1.165, 1.54) is 11.1 Å². The number of aliphatic carboxylic acids is 1. The third-order valence-corrected chi connectivity index (χ3v) is 7.20. The quantitative estimate of drug-likeness (QED) is 0.456. The van der Waals surface area contributed by atoms with Gasteiger partial charge < -0.3 is 9.84 Å². The van der Waals surface area contributed by atoms with Gasteiger partial charge in [0, 0.05) is 24.8 Å². The third-order valence-electron chi connectivity index (χ3n) is 6.12. The molecule has 0 bridgehead atoms. The van der Waals surface area contributed by atoms with E-state index in [4.69, 9.17) is 4.74 Å². The highest BCUT2D eigenvalue weighted by Crippen LogP contribution is 2.37. The smallest absolute Gasteiger partial charge is 0.307 e. The van der Waals surface area contributed by atoms with Crippen molar-refractivity contribution in [3.63, 3.8) is 0 Å². The Bertz CT molecular complexity index is 1230. The summed E-state index contributed by atoms with van der Waals surface area (Å²) in [6, 6.07) is 14.2. The van der Waals surface area contributed by atoms with Crippen LogP contribution in [0.15, 0.2) is 42.6 Å². The topological polar surface area (TPSA) is 86.5 Å². The van der Waals surface area contributed by atoms with Crippen LogP contribution in [0.3, 0.4) is 0 Å². The van der Waals surface area contributed by atoms with E-state index in [1.807, 2.05) is 38.2 Å². The predicted octanol–water partition coefficient (Wildman–Crippen LogP) is 5.60. The number of carbonyl (C=O) groups is 1. The summed E-state index contributed by atoms with van der Waals surface area (Å²) in [6.45, 7) is 8.21. The van der Waals surface area contributed by atoms with E-state index in [2.05, 4.69) is 41.1 Å². The molecule has 34 heavy (non-hydrogen) atoms. The summed E-state index contributed by atoms with van der Waals surface area (Å²) in [6.07, 6.45) is 3.49. The van der Waals surface area contributed by atoms with Gasteiger partial charge in [0.2, 0.25) is 0 Å². The van der Waals surface area contributed by atoms with E-state index in [0.717, 1.165) is 40.5 Å². The number of ether oxygens (including phenoxy) is 1. The van der Waals surface area contributed by atoms with Gasteiger partial charge in [0.05, 0.1) is 22.5 Å². The van der Waals surface area contributed by atoms with Crippen molar-refractivity contribution in [2.24, 2.45) is 5.92 Å². The molecule has 0 unspecified atom stereocenters. The highest BCUT2D eigenvalue weighted by Gasteiger charge is 2.28. The number of hydrogen-bond acceptors (Lipinski definition) is 6. The summed E-state index contributed by atoms with van der Waals surface area (Å²) in [5.74, 6) is -0.383. The van der Waals surface area contributed by atoms with Crippen LogP contribution < -0.4 is 4.74 Å². The summed E-state index contributed by atoms with van der Waals surface area (Å²) < 4.78 is 5.74. The van der Waals surface area contributed by atoms with Crippen LogP contribution >= 0.6 is 11.3 Å². The van der Waals surface area contributed by atoms with Crippen LogP contribution in [0.5, 0.6) is 5.75 Å². The van der Waals surface area contributed by atoms with E-state index in [-0.39, 0.29) is 12.0 Å². The molecule has 0 aliphatic carbocycles. The van der Waals surface area contributed by atoms with Crippen molar-refractivity contribution in [2.45, 2.75) is 46.3 Å². The van der Waals surface area contributed by atoms with E-state index in [9.17, 15) is 15.2 Å². The molecule has 0 radical (unpaired) electrons. The van der Waals surface area contributed by atoms with Crippen LogP contribution in [0.4, 0.5) is 0 Å². The lowest BCUT2D eigenvalue weighted by atomic mass is 9.97. The van der Waals surface area contributed by atoms with E-state index < -0.39 is 5.97 Å². The molecule has 1 saturated heterocycles. The number of nitrogens with zero attached hydrogens (tertiary/aromatic N) is 3. The van der Waals surface area contributed by atoms with Crippen molar-refractivity contribution in [3.8, 4) is 32.8 Å². The van der Waals surface area contributed by atoms with Gasteiger partial charge >= 0.3 is 5.97 Å². The monoisotopic (exact) mass is 475 g/mol. The molecule has 0 amide bonds. The molecule has 2 aromatic carbocycles. The Morgan fingerprint density at radius 2 is 2.18 bits per heavy atom. The zero-order chi connectivity index (χ0) is 24.2. The molecule has 0 saturated carbocycles. The minimum atomic E-state index is -0.701. The maximum absolute atomic E-state index is 11.3. The summed E-state index contributed by atoms with van der Waals surface area (Å²) in [5, 5.41) is 19.7. The van der Waals surface area contributed by atoms with Gasteiger partial charge in [-0.1, -0.05) is 25.1 Å². The van der Waals surface area contributed by atoms with Crippen LogP contribution in [0.1, 0.15) is 43.9 Å². The van der Waals surface area contributed by atoms with Gasteiger partial charge in [-0.2, -0.15) is 5.26 Å². The lowest BCUT2D eigenvalue weighted by Gasteiger charge is -2.19. The number of carboxylic acids is 1. The first-order chi connectivity index (χ1) is 16.4. The first kappa shape index (κ1) is 23.9. The van der Waals surface area contributed by atoms with Crippen LogP contribution in [-0.2, 0) is 17.8 Å². The molecule has 1 N–H and O–H groups in total. The number of thiazole rings is 1. The highest BCUT2D eigenvalue weighted by atomic mass is 32.1. The second-order valence-electron chi connectivity index (χ2n) is 8.87. The zero-order valence-electron chi connectivity index (χ0n) is 19.7. The summed E-state index contributed by atoms with van der Waals surface area (Å²) >= 11 is 1.61. The number of likely N-dealkylation sites (tertiary alicyclic amines) is 1. The number of aromatic nitrogens is 1. The van der Waals surface area contributed by atoms with Gasteiger partial charge in [-0.05, 0) is 68.1 Å². The average Bonchev–Trinajstić information content (AvgIpc) is 3.49. The van der Waals surface area contributed by atoms with Gasteiger partial charge in [0.1, 0.15) is 16.8 Å². The van der Waals surface area contributed by atoms with E-state index in [0.29, 0.717) is 24.3 Å². The Kier molecular flexibility index (Phi) is 7.30. The third kappa shape index (κ3) is 5.14. The van der Waals surface area contributed by atoms with Gasteiger partial charge in [-0.25, -0.2) is 4.98 Å². The van der Waals surface area contributed by atoms with Crippen LogP contribution in [0, 0.1) is 17.2 Å². The first-order valence-electron chi connectivity index (χ1n) is 11.6.